The highest BCUT2D eigenvalue weighted by Crippen LogP contribution is 2.67. The van der Waals surface area contributed by atoms with E-state index < -0.39 is 56.4 Å². The van der Waals surface area contributed by atoms with Gasteiger partial charge in [0.2, 0.25) is 5.91 Å². The lowest BCUT2D eigenvalue weighted by atomic mass is 9.69. The molecule has 5 rings (SSSR count). The standard InChI is InChI=1S/C25H24F4N2O4S/c1-36(34,35)19-4-2-3-14(11-19)21(32)31-13-15-12-20(15)24(31,22(30)33)23(26,16-5-6-16)17-7-9-18(10-8-17)25(27,28)29/h2-4,7-11,15-16,20H,5-6,12-13H2,1H3,(H2,30,33)/t15-,20+,23+,24+/m0/s1. The number of sulfone groups is 1. The maximum Gasteiger partial charge on any atom is 0.416 e. The van der Waals surface area contributed by atoms with Gasteiger partial charge in [-0.05, 0) is 67.0 Å². The lowest BCUT2D eigenvalue weighted by Crippen LogP contribution is -2.69. The molecule has 6 nitrogen and oxygen atoms in total. The number of carbonyl (C=O) groups is 2. The van der Waals surface area contributed by atoms with Gasteiger partial charge in [-0.3, -0.25) is 9.59 Å². The van der Waals surface area contributed by atoms with E-state index in [0.717, 1.165) is 35.4 Å². The van der Waals surface area contributed by atoms with Crippen LogP contribution in [0.3, 0.4) is 0 Å². The van der Waals surface area contributed by atoms with Crippen LogP contribution in [0.25, 0.3) is 0 Å². The number of hydrogen-bond acceptors (Lipinski definition) is 4. The molecular formula is C25H24F4N2O4S. The third-order valence-electron chi connectivity index (χ3n) is 7.76. The Hall–Kier alpha value is -2.95. The summed E-state index contributed by atoms with van der Waals surface area (Å²) in [6.07, 6.45) is -2.42. The fourth-order valence-electron chi connectivity index (χ4n) is 5.91. The van der Waals surface area contributed by atoms with Crippen LogP contribution in [-0.4, -0.2) is 43.5 Å². The maximum absolute atomic E-state index is 17.5. The zero-order chi connectivity index (χ0) is 26.3. The Morgan fingerprint density at radius 1 is 1.03 bits per heavy atom. The molecule has 2 aliphatic carbocycles. The molecule has 1 aliphatic heterocycles. The second kappa shape index (κ2) is 7.77. The number of primary amides is 1. The lowest BCUT2D eigenvalue weighted by Gasteiger charge is -2.48. The minimum Gasteiger partial charge on any atom is -0.367 e. The van der Waals surface area contributed by atoms with Gasteiger partial charge in [0.05, 0.1) is 10.5 Å². The number of amides is 2. The molecular weight excluding hydrogens is 500 g/mol. The van der Waals surface area contributed by atoms with Gasteiger partial charge in [0, 0.05) is 24.3 Å². The number of benzene rings is 2. The minimum absolute atomic E-state index is 0.0363. The Balaban J connectivity index is 1.65. The molecule has 0 spiro atoms. The molecule has 2 amide bonds. The van der Waals surface area contributed by atoms with E-state index in [-0.39, 0.29) is 28.5 Å². The van der Waals surface area contributed by atoms with Crippen molar-refractivity contribution in [2.45, 2.75) is 41.5 Å². The first-order valence-corrected chi connectivity index (χ1v) is 13.4. The number of nitrogens with zero attached hydrogens (tertiary/aromatic N) is 1. The molecule has 4 atom stereocenters. The number of carbonyl (C=O) groups excluding carboxylic acids is 2. The molecule has 36 heavy (non-hydrogen) atoms. The quantitative estimate of drug-likeness (QED) is 0.583. The normalized spacial score (nSPS) is 27.3. The smallest absolute Gasteiger partial charge is 0.367 e. The summed E-state index contributed by atoms with van der Waals surface area (Å²) in [6, 6.07) is 8.82. The minimum atomic E-state index is -4.62. The first-order valence-electron chi connectivity index (χ1n) is 11.5. The Kier molecular flexibility index (Phi) is 5.34. The number of hydrogen-bond donors (Lipinski definition) is 1. The van der Waals surface area contributed by atoms with Crippen molar-refractivity contribution >= 4 is 21.7 Å². The summed E-state index contributed by atoms with van der Waals surface area (Å²) in [5.41, 5.74) is 0.132. The SMILES string of the molecule is CS(=O)(=O)c1cccc(C(=O)N2C[C@@H]3C[C@H]3[C@@]2(C(N)=O)[C@](F)(c2ccc(C(F)(F)F)cc2)C2CC2)c1. The molecule has 0 aromatic heterocycles. The highest BCUT2D eigenvalue weighted by Gasteiger charge is 2.78. The summed E-state index contributed by atoms with van der Waals surface area (Å²) in [5, 5.41) is 0. The second-order valence-electron chi connectivity index (χ2n) is 10.0. The van der Waals surface area contributed by atoms with Crippen molar-refractivity contribution in [3.63, 3.8) is 0 Å². The van der Waals surface area contributed by atoms with Gasteiger partial charge in [-0.2, -0.15) is 13.2 Å². The third kappa shape index (κ3) is 3.54. The van der Waals surface area contributed by atoms with Gasteiger partial charge in [-0.25, -0.2) is 12.8 Å². The number of piperidine rings is 1. The number of nitrogens with two attached hydrogens (primary N) is 1. The average Bonchev–Trinajstić information content (AvgIpc) is 3.74. The highest BCUT2D eigenvalue weighted by atomic mass is 32.2. The molecule has 3 fully saturated rings. The lowest BCUT2D eigenvalue weighted by molar-refractivity contribution is -0.144. The van der Waals surface area contributed by atoms with Crippen molar-refractivity contribution in [3.8, 4) is 0 Å². The summed E-state index contributed by atoms with van der Waals surface area (Å²) in [7, 11) is -3.65. The molecule has 1 saturated heterocycles. The molecule has 0 unspecified atom stereocenters. The first-order chi connectivity index (χ1) is 16.7. The fourth-order valence-corrected chi connectivity index (χ4v) is 6.58. The molecule has 0 radical (unpaired) electrons. The molecule has 2 N–H and O–H groups in total. The molecule has 2 aromatic carbocycles. The fraction of sp³-hybridized carbons (Fsp3) is 0.440. The molecule has 1 heterocycles. The highest BCUT2D eigenvalue weighted by molar-refractivity contribution is 7.90. The Labute approximate surface area is 205 Å². The largest absolute Gasteiger partial charge is 0.416 e. The van der Waals surface area contributed by atoms with E-state index in [9.17, 15) is 31.2 Å². The van der Waals surface area contributed by atoms with Gasteiger partial charge in [0.1, 0.15) is 0 Å². The van der Waals surface area contributed by atoms with Crippen LogP contribution in [0, 0.1) is 17.8 Å². The van der Waals surface area contributed by atoms with Crippen molar-refractivity contribution in [2.24, 2.45) is 23.5 Å². The van der Waals surface area contributed by atoms with E-state index in [1.54, 1.807) is 0 Å². The van der Waals surface area contributed by atoms with Crippen LogP contribution >= 0.6 is 0 Å². The van der Waals surface area contributed by atoms with E-state index in [0.29, 0.717) is 19.3 Å². The van der Waals surface area contributed by atoms with Crippen LogP contribution in [0.5, 0.6) is 0 Å². The molecule has 11 heteroatoms. The van der Waals surface area contributed by atoms with Gasteiger partial charge in [0.15, 0.2) is 21.0 Å². The van der Waals surface area contributed by atoms with Gasteiger partial charge in [-0.15, -0.1) is 0 Å². The van der Waals surface area contributed by atoms with Crippen molar-refractivity contribution in [2.75, 3.05) is 12.8 Å². The van der Waals surface area contributed by atoms with Crippen LogP contribution in [0.4, 0.5) is 17.6 Å². The maximum atomic E-state index is 17.5. The molecule has 192 valence electrons. The van der Waals surface area contributed by atoms with E-state index in [2.05, 4.69) is 0 Å². The number of fused-ring (bicyclic) bond motifs is 1. The zero-order valence-corrected chi connectivity index (χ0v) is 20.1. The van der Waals surface area contributed by atoms with E-state index in [1.807, 2.05) is 0 Å². The van der Waals surface area contributed by atoms with Crippen molar-refractivity contribution < 1.29 is 35.6 Å². The molecule has 0 bridgehead atoms. The number of halogens is 4. The van der Waals surface area contributed by atoms with Gasteiger partial charge in [0.25, 0.3) is 5.91 Å². The van der Waals surface area contributed by atoms with Gasteiger partial charge >= 0.3 is 6.18 Å². The summed E-state index contributed by atoms with van der Waals surface area (Å²) in [6.45, 7) is 0.0363. The number of alkyl halides is 4. The molecule has 2 saturated carbocycles. The summed E-state index contributed by atoms with van der Waals surface area (Å²) in [5.74, 6) is -3.30. The third-order valence-corrected chi connectivity index (χ3v) is 8.87. The monoisotopic (exact) mass is 524 g/mol. The summed E-state index contributed by atoms with van der Waals surface area (Å²) in [4.78, 5) is 27.9. The van der Waals surface area contributed by atoms with Gasteiger partial charge < -0.3 is 10.6 Å². The van der Waals surface area contributed by atoms with Crippen LogP contribution in [0.2, 0.25) is 0 Å². The molecule has 2 aromatic rings. The second-order valence-corrected chi connectivity index (χ2v) is 12.0. The Morgan fingerprint density at radius 2 is 1.64 bits per heavy atom. The average molecular weight is 525 g/mol. The Morgan fingerprint density at radius 3 is 2.17 bits per heavy atom. The first kappa shape index (κ1) is 24.7. The summed E-state index contributed by atoms with van der Waals surface area (Å²) >= 11 is 0. The van der Waals surface area contributed by atoms with Crippen molar-refractivity contribution in [1.82, 2.24) is 4.90 Å². The Bertz CT molecular complexity index is 1360. The zero-order valence-electron chi connectivity index (χ0n) is 19.3. The number of rotatable bonds is 6. The predicted octanol–water partition coefficient (Wildman–Crippen LogP) is 3.70. The predicted molar refractivity (Wildman–Crippen MR) is 121 cm³/mol. The van der Waals surface area contributed by atoms with E-state index in [1.165, 1.54) is 24.3 Å². The summed E-state index contributed by atoms with van der Waals surface area (Å²) < 4.78 is 81.1. The van der Waals surface area contributed by atoms with Crippen LogP contribution in [0.15, 0.2) is 53.4 Å². The van der Waals surface area contributed by atoms with Crippen LogP contribution in [0.1, 0.15) is 40.7 Å². The molecule has 3 aliphatic rings. The van der Waals surface area contributed by atoms with E-state index >= 15 is 4.39 Å². The topological polar surface area (TPSA) is 97.5 Å². The van der Waals surface area contributed by atoms with E-state index in [4.69, 9.17) is 5.73 Å². The van der Waals surface area contributed by atoms with Gasteiger partial charge in [-0.1, -0.05) is 18.2 Å². The van der Waals surface area contributed by atoms with Crippen LogP contribution < -0.4 is 5.73 Å². The van der Waals surface area contributed by atoms with Crippen LogP contribution in [-0.2, 0) is 26.5 Å². The van der Waals surface area contributed by atoms with Crippen molar-refractivity contribution in [1.29, 1.82) is 0 Å². The van der Waals surface area contributed by atoms with Crippen molar-refractivity contribution in [3.05, 3.63) is 65.2 Å². The number of likely N-dealkylation sites (tertiary alicyclic amines) is 1.